The number of aryl methyl sites for hydroxylation is 3. The maximum absolute atomic E-state index is 12.6. The second kappa shape index (κ2) is 9.33. The summed E-state index contributed by atoms with van der Waals surface area (Å²) in [5, 5.41) is 31.1. The number of hydrogen-bond donors (Lipinski definition) is 5. The van der Waals surface area contributed by atoms with Gasteiger partial charge in [0, 0.05) is 10.6 Å². The van der Waals surface area contributed by atoms with E-state index in [9.17, 15) is 9.90 Å². The Morgan fingerprint density at radius 1 is 1.03 bits per heavy atom. The zero-order valence-electron chi connectivity index (χ0n) is 16.9. The fraction of sp³-hybridized carbons (Fsp3) is 0.409. The van der Waals surface area contributed by atoms with Gasteiger partial charge in [-0.3, -0.25) is 4.72 Å². The van der Waals surface area contributed by atoms with Gasteiger partial charge in [-0.2, -0.15) is 0 Å². The quantitative estimate of drug-likeness (QED) is 0.344. The van der Waals surface area contributed by atoms with Gasteiger partial charge in [0.1, 0.15) is 5.75 Å². The van der Waals surface area contributed by atoms with Gasteiger partial charge < -0.3 is 20.5 Å². The van der Waals surface area contributed by atoms with Crippen LogP contribution in [-0.2, 0) is 32.1 Å². The van der Waals surface area contributed by atoms with Crippen molar-refractivity contribution in [2.45, 2.75) is 62.6 Å². The van der Waals surface area contributed by atoms with E-state index < -0.39 is 7.12 Å². The minimum absolute atomic E-state index is 0.173. The number of nitrogens with one attached hydrogen (secondary N) is 2. The van der Waals surface area contributed by atoms with E-state index in [-0.39, 0.29) is 18.1 Å². The molecule has 2 aromatic rings. The summed E-state index contributed by atoms with van der Waals surface area (Å²) < 4.78 is 2.86. The van der Waals surface area contributed by atoms with Gasteiger partial charge in [0.15, 0.2) is 0 Å². The number of phenols is 1. The number of rotatable bonds is 7. The third-order valence-corrected chi connectivity index (χ3v) is 6.71. The molecule has 0 bridgehead atoms. The average Bonchev–Trinajstić information content (AvgIpc) is 3.37. The molecule has 0 aromatic heterocycles. The van der Waals surface area contributed by atoms with E-state index in [2.05, 4.69) is 16.1 Å². The first-order valence-electron chi connectivity index (χ1n) is 10.6. The van der Waals surface area contributed by atoms with Crippen LogP contribution in [-0.4, -0.2) is 28.3 Å². The first-order chi connectivity index (χ1) is 14.5. The Balaban J connectivity index is 1.39. The molecule has 2 aliphatic rings. The topological polar surface area (TPSA) is 102 Å². The number of aromatic hydroxyl groups is 1. The number of amides is 2. The van der Waals surface area contributed by atoms with Crippen LogP contribution in [0.5, 0.6) is 5.75 Å². The zero-order chi connectivity index (χ0) is 21.1. The Labute approximate surface area is 181 Å². The Morgan fingerprint density at radius 3 is 2.40 bits per heavy atom. The Bertz CT molecular complexity index is 919. The lowest BCUT2D eigenvalue weighted by Crippen LogP contribution is -2.24. The van der Waals surface area contributed by atoms with Gasteiger partial charge in [-0.15, -0.1) is 0 Å². The largest absolute Gasteiger partial charge is 0.508 e. The van der Waals surface area contributed by atoms with E-state index >= 15 is 0 Å². The molecule has 6 nitrogen and oxygen atoms in total. The number of anilines is 1. The number of urea groups is 1. The zero-order valence-corrected chi connectivity index (χ0v) is 17.7. The van der Waals surface area contributed by atoms with Crippen molar-refractivity contribution in [1.82, 2.24) is 4.72 Å². The summed E-state index contributed by atoms with van der Waals surface area (Å²) in [6.07, 6.45) is 7.87. The lowest BCUT2D eigenvalue weighted by molar-refractivity contribution is 0.257. The van der Waals surface area contributed by atoms with Gasteiger partial charge in [-0.1, -0.05) is 12.5 Å². The van der Waals surface area contributed by atoms with Crippen LogP contribution in [0.4, 0.5) is 10.5 Å². The Kier molecular flexibility index (Phi) is 6.56. The minimum atomic E-state index is -1.34. The molecule has 2 aliphatic carbocycles. The molecule has 0 saturated heterocycles. The van der Waals surface area contributed by atoms with Gasteiger partial charge in [0.2, 0.25) is 0 Å². The number of carbonyl (C=O) groups excluding carboxylic acids is 1. The van der Waals surface area contributed by atoms with E-state index in [1.54, 1.807) is 12.1 Å². The summed E-state index contributed by atoms with van der Waals surface area (Å²) in [7, 11) is -1.34. The number of hydrogen-bond acceptors (Lipinski definition) is 5. The van der Waals surface area contributed by atoms with E-state index in [4.69, 9.17) is 10.0 Å². The standard InChI is InChI=1S/C22H27BN2O4S/c26-20-10-9-17(13-16(20)6-3-11-23(28)29)30-25-22(27)24-21-18-7-1-4-14(18)12-15-5-2-8-19(15)21/h9-10,12-13,26,28-29H,1-8,11H2,(H2,24,25,27). The van der Waals surface area contributed by atoms with Crippen LogP contribution in [0.15, 0.2) is 29.2 Å². The van der Waals surface area contributed by atoms with Gasteiger partial charge in [-0.05, 0) is 109 Å². The van der Waals surface area contributed by atoms with Crippen LogP contribution < -0.4 is 10.0 Å². The summed E-state index contributed by atoms with van der Waals surface area (Å²) in [5.74, 6) is 0.173. The summed E-state index contributed by atoms with van der Waals surface area (Å²) >= 11 is 1.21. The van der Waals surface area contributed by atoms with Crippen molar-refractivity contribution in [3.05, 3.63) is 52.1 Å². The molecular formula is C22H27BN2O4S. The van der Waals surface area contributed by atoms with E-state index in [0.717, 1.165) is 54.7 Å². The second-order valence-electron chi connectivity index (χ2n) is 8.06. The monoisotopic (exact) mass is 426 g/mol. The van der Waals surface area contributed by atoms with Crippen molar-refractivity contribution in [3.63, 3.8) is 0 Å². The van der Waals surface area contributed by atoms with E-state index in [0.29, 0.717) is 12.8 Å². The summed E-state index contributed by atoms with van der Waals surface area (Å²) in [6.45, 7) is 0. The summed E-state index contributed by atoms with van der Waals surface area (Å²) in [4.78, 5) is 13.4. The minimum Gasteiger partial charge on any atom is -0.508 e. The Morgan fingerprint density at radius 2 is 1.73 bits per heavy atom. The molecule has 30 heavy (non-hydrogen) atoms. The molecule has 0 aliphatic heterocycles. The van der Waals surface area contributed by atoms with Crippen LogP contribution in [0.2, 0.25) is 6.32 Å². The van der Waals surface area contributed by atoms with Crippen LogP contribution >= 0.6 is 11.9 Å². The number of phenolic OH excluding ortho intramolecular Hbond substituents is 1. The molecule has 0 heterocycles. The summed E-state index contributed by atoms with van der Waals surface area (Å²) in [6, 6.07) is 7.28. The lowest BCUT2D eigenvalue weighted by Gasteiger charge is -2.16. The predicted molar refractivity (Wildman–Crippen MR) is 120 cm³/mol. The highest BCUT2D eigenvalue weighted by atomic mass is 32.2. The highest BCUT2D eigenvalue weighted by molar-refractivity contribution is 7.98. The third-order valence-electron chi connectivity index (χ3n) is 5.93. The van der Waals surface area contributed by atoms with Gasteiger partial charge in [0.25, 0.3) is 0 Å². The Hall–Kier alpha value is -2.16. The number of carbonyl (C=O) groups is 1. The fourth-order valence-electron chi connectivity index (χ4n) is 4.51. The second-order valence-corrected chi connectivity index (χ2v) is 8.94. The molecular weight excluding hydrogens is 399 g/mol. The van der Waals surface area contributed by atoms with Crippen molar-refractivity contribution in [3.8, 4) is 5.75 Å². The molecule has 0 radical (unpaired) electrons. The van der Waals surface area contributed by atoms with Crippen LogP contribution in [0.25, 0.3) is 0 Å². The smallest absolute Gasteiger partial charge is 0.451 e. The van der Waals surface area contributed by atoms with Crippen molar-refractivity contribution < 1.29 is 19.9 Å². The van der Waals surface area contributed by atoms with Crippen molar-refractivity contribution >= 4 is 30.8 Å². The number of benzene rings is 2. The van der Waals surface area contributed by atoms with Crippen molar-refractivity contribution in [1.29, 1.82) is 0 Å². The third kappa shape index (κ3) is 4.77. The lowest BCUT2D eigenvalue weighted by atomic mass is 9.83. The fourth-order valence-corrected chi connectivity index (χ4v) is 5.11. The van der Waals surface area contributed by atoms with Gasteiger partial charge in [0.05, 0.1) is 0 Å². The molecule has 8 heteroatoms. The van der Waals surface area contributed by atoms with Gasteiger partial charge in [-0.25, -0.2) is 4.79 Å². The number of fused-ring (bicyclic) bond motifs is 2. The van der Waals surface area contributed by atoms with Crippen LogP contribution in [0.3, 0.4) is 0 Å². The predicted octanol–water partition coefficient (Wildman–Crippen LogP) is 3.60. The van der Waals surface area contributed by atoms with E-state index in [1.165, 1.54) is 34.2 Å². The molecule has 0 fully saturated rings. The SMILES string of the molecule is O=C(NSc1ccc(O)c(CCCB(O)O)c1)Nc1c2c(cc3c1CCC3)CCC2. The maximum Gasteiger partial charge on any atom is 0.451 e. The molecule has 4 rings (SSSR count). The molecule has 0 unspecified atom stereocenters. The van der Waals surface area contributed by atoms with Crippen LogP contribution in [0, 0.1) is 0 Å². The first-order valence-corrected chi connectivity index (χ1v) is 11.4. The molecule has 158 valence electrons. The molecule has 0 spiro atoms. The molecule has 0 atom stereocenters. The first kappa shape index (κ1) is 21.1. The van der Waals surface area contributed by atoms with Crippen molar-refractivity contribution in [2.75, 3.05) is 5.32 Å². The van der Waals surface area contributed by atoms with E-state index in [1.807, 2.05) is 6.07 Å². The van der Waals surface area contributed by atoms with Crippen LogP contribution in [0.1, 0.15) is 47.1 Å². The molecule has 0 saturated carbocycles. The highest BCUT2D eigenvalue weighted by Gasteiger charge is 2.25. The molecule has 2 amide bonds. The van der Waals surface area contributed by atoms with Crippen molar-refractivity contribution in [2.24, 2.45) is 0 Å². The summed E-state index contributed by atoms with van der Waals surface area (Å²) in [5.41, 5.74) is 7.11. The average molecular weight is 426 g/mol. The highest BCUT2D eigenvalue weighted by Crippen LogP contribution is 2.38. The molecule has 2 aromatic carbocycles. The van der Waals surface area contributed by atoms with Gasteiger partial charge >= 0.3 is 13.1 Å². The maximum atomic E-state index is 12.6. The molecule has 5 N–H and O–H groups in total. The normalized spacial score (nSPS) is 14.3.